The summed E-state index contributed by atoms with van der Waals surface area (Å²) in [6.45, 7) is 6.69. The van der Waals surface area contributed by atoms with E-state index in [2.05, 4.69) is 57.2 Å². The van der Waals surface area contributed by atoms with E-state index in [-0.39, 0.29) is 0 Å². The van der Waals surface area contributed by atoms with Crippen LogP contribution >= 0.6 is 0 Å². The van der Waals surface area contributed by atoms with E-state index < -0.39 is 0 Å². The highest BCUT2D eigenvalue weighted by Crippen LogP contribution is 2.10. The van der Waals surface area contributed by atoms with Gasteiger partial charge in [0.15, 0.2) is 0 Å². The van der Waals surface area contributed by atoms with E-state index in [4.69, 9.17) is 0 Å². The zero-order valence-corrected chi connectivity index (χ0v) is 10.1. The van der Waals surface area contributed by atoms with Crippen LogP contribution in [0.2, 0.25) is 0 Å². The number of rotatable bonds is 5. The van der Waals surface area contributed by atoms with E-state index in [1.165, 1.54) is 24.0 Å². The summed E-state index contributed by atoms with van der Waals surface area (Å²) in [5.74, 6) is 0.732. The van der Waals surface area contributed by atoms with Gasteiger partial charge in [0.2, 0.25) is 0 Å². The first-order chi connectivity index (χ1) is 7.22. The maximum Gasteiger partial charge on any atom is -0.0149 e. The molecule has 0 amide bonds. The predicted molar refractivity (Wildman–Crippen MR) is 66.8 cm³/mol. The first kappa shape index (κ1) is 12.0. The third-order valence-electron chi connectivity index (χ3n) is 2.30. The molecular formula is C15H21. The monoisotopic (exact) mass is 201 g/mol. The highest BCUT2D eigenvalue weighted by molar-refractivity contribution is 5.27. The highest BCUT2D eigenvalue weighted by atomic mass is 14.0. The fourth-order valence-electron chi connectivity index (χ4n) is 1.54. The molecule has 0 spiro atoms. The lowest BCUT2D eigenvalue weighted by atomic mass is 10.0. The minimum absolute atomic E-state index is 0.732. The molecule has 0 heteroatoms. The zero-order valence-electron chi connectivity index (χ0n) is 10.1. The smallest absolute Gasteiger partial charge is 0.0149 e. The second kappa shape index (κ2) is 6.44. The second-order valence-electron chi connectivity index (χ2n) is 4.43. The lowest BCUT2D eigenvalue weighted by Gasteiger charge is -2.04. The van der Waals surface area contributed by atoms with Crippen LogP contribution in [-0.4, -0.2) is 0 Å². The summed E-state index contributed by atoms with van der Waals surface area (Å²) < 4.78 is 0. The van der Waals surface area contributed by atoms with Gasteiger partial charge in [0.1, 0.15) is 0 Å². The predicted octanol–water partition coefficient (Wildman–Crippen LogP) is 4.39. The molecule has 0 atom stereocenters. The van der Waals surface area contributed by atoms with Gasteiger partial charge in [0, 0.05) is 0 Å². The number of benzene rings is 1. The Labute approximate surface area is 94.0 Å². The Morgan fingerprint density at radius 2 is 1.87 bits per heavy atom. The molecule has 0 fully saturated rings. The second-order valence-corrected chi connectivity index (χ2v) is 4.43. The van der Waals surface area contributed by atoms with E-state index in [0.29, 0.717) is 0 Å². The van der Waals surface area contributed by atoms with Gasteiger partial charge in [-0.05, 0) is 36.0 Å². The summed E-state index contributed by atoms with van der Waals surface area (Å²) in [5, 5.41) is 0. The van der Waals surface area contributed by atoms with Crippen LogP contribution < -0.4 is 0 Å². The minimum atomic E-state index is 0.732. The number of allylic oxidation sites excluding steroid dienone is 1. The van der Waals surface area contributed by atoms with Crippen molar-refractivity contribution in [3.8, 4) is 0 Å². The number of hydrogen-bond donors (Lipinski definition) is 0. The lowest BCUT2D eigenvalue weighted by Crippen LogP contribution is -1.93. The Hall–Kier alpha value is -1.04. The number of unbranched alkanes of at least 4 members (excludes halogenated alkanes) is 1. The molecule has 15 heavy (non-hydrogen) atoms. The van der Waals surface area contributed by atoms with Crippen LogP contribution in [0.5, 0.6) is 0 Å². The molecule has 0 aliphatic carbocycles. The molecule has 0 aromatic heterocycles. The Balaban J connectivity index is 2.56. The van der Waals surface area contributed by atoms with Gasteiger partial charge < -0.3 is 0 Å². The maximum absolute atomic E-state index is 3.30. The quantitative estimate of drug-likeness (QED) is 0.662. The van der Waals surface area contributed by atoms with Crippen molar-refractivity contribution in [2.75, 3.05) is 0 Å². The SMILES string of the molecule is CCC/C=[C]\c1ccc(CC(C)C)cc1. The van der Waals surface area contributed by atoms with Crippen molar-refractivity contribution in [3.63, 3.8) is 0 Å². The van der Waals surface area contributed by atoms with E-state index in [0.717, 1.165) is 12.3 Å². The average molecular weight is 201 g/mol. The molecule has 0 heterocycles. The fourth-order valence-corrected chi connectivity index (χ4v) is 1.54. The molecule has 0 N–H and O–H groups in total. The first-order valence-corrected chi connectivity index (χ1v) is 5.89. The zero-order chi connectivity index (χ0) is 11.1. The molecule has 0 saturated carbocycles. The van der Waals surface area contributed by atoms with E-state index in [9.17, 15) is 0 Å². The van der Waals surface area contributed by atoms with Crippen LogP contribution in [0.4, 0.5) is 0 Å². The molecule has 1 rings (SSSR count). The largest absolute Gasteiger partial charge is 0.0761 e. The normalized spacial score (nSPS) is 11.5. The van der Waals surface area contributed by atoms with Gasteiger partial charge in [-0.15, -0.1) is 0 Å². The Morgan fingerprint density at radius 1 is 1.20 bits per heavy atom. The highest BCUT2D eigenvalue weighted by Gasteiger charge is 1.96. The van der Waals surface area contributed by atoms with Gasteiger partial charge in [-0.2, -0.15) is 0 Å². The summed E-state index contributed by atoms with van der Waals surface area (Å²) in [4.78, 5) is 0. The Morgan fingerprint density at radius 3 is 2.40 bits per heavy atom. The molecule has 1 aromatic rings. The summed E-state index contributed by atoms with van der Waals surface area (Å²) in [6.07, 6.45) is 8.90. The summed E-state index contributed by atoms with van der Waals surface area (Å²) >= 11 is 0. The van der Waals surface area contributed by atoms with Crippen molar-refractivity contribution in [1.29, 1.82) is 0 Å². The van der Waals surface area contributed by atoms with Crippen molar-refractivity contribution in [3.05, 3.63) is 47.5 Å². The Kier molecular flexibility index (Phi) is 5.17. The van der Waals surface area contributed by atoms with Crippen molar-refractivity contribution < 1.29 is 0 Å². The van der Waals surface area contributed by atoms with E-state index in [1.54, 1.807) is 0 Å². The molecule has 0 nitrogen and oxygen atoms in total. The van der Waals surface area contributed by atoms with Crippen LogP contribution in [0.1, 0.15) is 44.7 Å². The molecule has 1 aromatic carbocycles. The van der Waals surface area contributed by atoms with Gasteiger partial charge in [-0.1, -0.05) is 57.5 Å². The van der Waals surface area contributed by atoms with Crippen LogP contribution in [0.15, 0.2) is 30.3 Å². The minimum Gasteiger partial charge on any atom is -0.0761 e. The van der Waals surface area contributed by atoms with Crippen molar-refractivity contribution in [2.45, 2.75) is 40.0 Å². The summed E-state index contributed by atoms with van der Waals surface area (Å²) in [7, 11) is 0. The van der Waals surface area contributed by atoms with Gasteiger partial charge in [0.25, 0.3) is 0 Å². The molecule has 0 unspecified atom stereocenters. The molecule has 0 bridgehead atoms. The summed E-state index contributed by atoms with van der Waals surface area (Å²) in [5.41, 5.74) is 2.61. The summed E-state index contributed by atoms with van der Waals surface area (Å²) in [6, 6.07) is 8.73. The molecule has 1 radical (unpaired) electrons. The van der Waals surface area contributed by atoms with Crippen LogP contribution in [0.3, 0.4) is 0 Å². The third-order valence-corrected chi connectivity index (χ3v) is 2.30. The van der Waals surface area contributed by atoms with Gasteiger partial charge in [-0.25, -0.2) is 0 Å². The average Bonchev–Trinajstić information content (AvgIpc) is 2.20. The molecule has 0 aliphatic rings. The fraction of sp³-hybridized carbons (Fsp3) is 0.467. The van der Waals surface area contributed by atoms with Gasteiger partial charge in [-0.3, -0.25) is 0 Å². The van der Waals surface area contributed by atoms with Crippen LogP contribution in [0.25, 0.3) is 0 Å². The maximum atomic E-state index is 3.30. The molecule has 0 saturated heterocycles. The Bertz CT molecular complexity index is 290. The number of hydrogen-bond acceptors (Lipinski definition) is 0. The van der Waals surface area contributed by atoms with E-state index >= 15 is 0 Å². The van der Waals surface area contributed by atoms with Crippen molar-refractivity contribution in [2.24, 2.45) is 5.92 Å². The molecule has 0 aliphatic heterocycles. The van der Waals surface area contributed by atoms with Crippen molar-refractivity contribution >= 4 is 0 Å². The standard InChI is InChI=1S/C15H21/c1-4-5-6-7-14-8-10-15(11-9-14)12-13(2)3/h6,8-11,13H,4-5,12H2,1-3H3. The van der Waals surface area contributed by atoms with Crippen LogP contribution in [-0.2, 0) is 6.42 Å². The third kappa shape index (κ3) is 4.83. The van der Waals surface area contributed by atoms with E-state index in [1.807, 2.05) is 0 Å². The molecule has 81 valence electrons. The topological polar surface area (TPSA) is 0 Å². The van der Waals surface area contributed by atoms with Gasteiger partial charge in [0.05, 0.1) is 0 Å². The molecular weight excluding hydrogens is 180 g/mol. The van der Waals surface area contributed by atoms with Crippen LogP contribution in [0, 0.1) is 12.0 Å². The van der Waals surface area contributed by atoms with Crippen molar-refractivity contribution in [1.82, 2.24) is 0 Å². The first-order valence-electron chi connectivity index (χ1n) is 5.89. The lowest BCUT2D eigenvalue weighted by molar-refractivity contribution is 0.647. The van der Waals surface area contributed by atoms with Gasteiger partial charge >= 0.3 is 0 Å².